The highest BCUT2D eigenvalue weighted by Crippen LogP contribution is 2.40. The molecule has 0 aliphatic carbocycles. The number of nitriles is 1. The summed E-state index contributed by atoms with van der Waals surface area (Å²) >= 11 is 1.43. The Morgan fingerprint density at radius 1 is 1.28 bits per heavy atom. The van der Waals surface area contributed by atoms with E-state index in [0.29, 0.717) is 21.9 Å². The summed E-state index contributed by atoms with van der Waals surface area (Å²) in [5, 5.41) is 16.5. The van der Waals surface area contributed by atoms with E-state index in [9.17, 15) is 10.1 Å². The maximum Gasteiger partial charge on any atom is 0.255 e. The van der Waals surface area contributed by atoms with Crippen molar-refractivity contribution in [3.63, 3.8) is 0 Å². The molecule has 146 valence electrons. The van der Waals surface area contributed by atoms with Crippen molar-refractivity contribution >= 4 is 23.4 Å². The number of anilines is 1. The van der Waals surface area contributed by atoms with Gasteiger partial charge in [-0.15, -0.1) is 18.3 Å². The van der Waals surface area contributed by atoms with E-state index in [2.05, 4.69) is 23.3 Å². The smallest absolute Gasteiger partial charge is 0.255 e. The van der Waals surface area contributed by atoms with Crippen LogP contribution in [0.1, 0.15) is 17.0 Å². The molecule has 3 rings (SSSR count). The van der Waals surface area contributed by atoms with E-state index in [4.69, 9.17) is 5.73 Å². The molecule has 2 aromatic rings. The van der Waals surface area contributed by atoms with Gasteiger partial charge in [-0.3, -0.25) is 4.79 Å². The van der Waals surface area contributed by atoms with Gasteiger partial charge < -0.3 is 16.4 Å². The van der Waals surface area contributed by atoms with Gasteiger partial charge in [-0.25, -0.2) is 0 Å². The van der Waals surface area contributed by atoms with Gasteiger partial charge in [-0.2, -0.15) is 5.26 Å². The van der Waals surface area contributed by atoms with E-state index in [-0.39, 0.29) is 11.7 Å². The number of allylic oxidation sites excluding steroid dienone is 1. The molecule has 1 aliphatic heterocycles. The van der Waals surface area contributed by atoms with Crippen LogP contribution in [-0.4, -0.2) is 11.7 Å². The van der Waals surface area contributed by atoms with Crippen molar-refractivity contribution in [3.05, 3.63) is 100 Å². The Balaban J connectivity index is 2.11. The SMILES string of the molecule is C=CCSC1=C(C(=O)Nc2ccccc2C)C(c2ccccc2)C(C#N)=C(N)N1. The highest BCUT2D eigenvalue weighted by molar-refractivity contribution is 8.03. The summed E-state index contributed by atoms with van der Waals surface area (Å²) in [5.41, 5.74) is 9.47. The molecule has 1 atom stereocenters. The van der Waals surface area contributed by atoms with E-state index in [1.165, 1.54) is 11.8 Å². The van der Waals surface area contributed by atoms with Crippen molar-refractivity contribution in [3.8, 4) is 6.07 Å². The van der Waals surface area contributed by atoms with Crippen molar-refractivity contribution in [1.82, 2.24) is 5.32 Å². The number of benzene rings is 2. The van der Waals surface area contributed by atoms with E-state index in [1.54, 1.807) is 6.08 Å². The van der Waals surface area contributed by atoms with E-state index < -0.39 is 5.92 Å². The molecule has 0 bridgehead atoms. The minimum Gasteiger partial charge on any atom is -0.384 e. The van der Waals surface area contributed by atoms with Crippen LogP contribution in [0.25, 0.3) is 0 Å². The monoisotopic (exact) mass is 402 g/mol. The summed E-state index contributed by atoms with van der Waals surface area (Å²) in [4.78, 5) is 13.4. The molecule has 6 heteroatoms. The summed E-state index contributed by atoms with van der Waals surface area (Å²) in [7, 11) is 0. The van der Waals surface area contributed by atoms with Crippen LogP contribution in [0.2, 0.25) is 0 Å². The Kier molecular flexibility index (Phi) is 6.43. The molecule has 1 unspecified atom stereocenters. The number of rotatable bonds is 6. The topological polar surface area (TPSA) is 90.9 Å². The molecular formula is C23H22N4OS. The lowest BCUT2D eigenvalue weighted by atomic mass is 9.83. The highest BCUT2D eigenvalue weighted by Gasteiger charge is 2.35. The van der Waals surface area contributed by atoms with Gasteiger partial charge in [0.25, 0.3) is 5.91 Å². The van der Waals surface area contributed by atoms with Gasteiger partial charge in [0.2, 0.25) is 0 Å². The predicted octanol–water partition coefficient (Wildman–Crippen LogP) is 4.15. The molecule has 29 heavy (non-hydrogen) atoms. The third-order valence-corrected chi connectivity index (χ3v) is 5.61. The molecule has 1 aliphatic rings. The normalized spacial score (nSPS) is 16.1. The van der Waals surface area contributed by atoms with Crippen LogP contribution >= 0.6 is 11.8 Å². The lowest BCUT2D eigenvalue weighted by molar-refractivity contribution is -0.113. The summed E-state index contributed by atoms with van der Waals surface area (Å²) in [6.07, 6.45) is 1.76. The number of dihydropyridines is 1. The molecule has 5 nitrogen and oxygen atoms in total. The second-order valence-corrected chi connectivity index (χ2v) is 7.55. The van der Waals surface area contributed by atoms with Crippen LogP contribution in [0, 0.1) is 18.3 Å². The summed E-state index contributed by atoms with van der Waals surface area (Å²) in [6.45, 7) is 5.69. The number of hydrogen-bond donors (Lipinski definition) is 3. The van der Waals surface area contributed by atoms with Gasteiger partial charge in [0.1, 0.15) is 5.82 Å². The van der Waals surface area contributed by atoms with Gasteiger partial charge in [0, 0.05) is 11.4 Å². The first kappa shape index (κ1) is 20.3. The number of carbonyl (C=O) groups excluding carboxylic acids is 1. The molecule has 2 aromatic carbocycles. The Hall–Kier alpha value is -3.43. The maximum absolute atomic E-state index is 13.4. The predicted molar refractivity (Wildman–Crippen MR) is 119 cm³/mol. The minimum absolute atomic E-state index is 0.264. The van der Waals surface area contributed by atoms with E-state index in [1.807, 2.05) is 61.5 Å². The van der Waals surface area contributed by atoms with Crippen molar-refractivity contribution in [1.29, 1.82) is 5.26 Å². The molecule has 1 heterocycles. The highest BCUT2D eigenvalue weighted by atomic mass is 32.2. The van der Waals surface area contributed by atoms with Crippen LogP contribution < -0.4 is 16.4 Å². The number of para-hydroxylation sites is 1. The van der Waals surface area contributed by atoms with Crippen molar-refractivity contribution < 1.29 is 4.79 Å². The second kappa shape index (κ2) is 9.18. The third-order valence-electron chi connectivity index (χ3n) is 4.60. The molecule has 0 radical (unpaired) electrons. The van der Waals surface area contributed by atoms with Gasteiger partial charge >= 0.3 is 0 Å². The maximum atomic E-state index is 13.4. The Morgan fingerprint density at radius 3 is 2.62 bits per heavy atom. The summed E-state index contributed by atoms with van der Waals surface area (Å²) < 4.78 is 0. The quantitative estimate of drug-likeness (QED) is 0.632. The lowest BCUT2D eigenvalue weighted by Crippen LogP contribution is -2.34. The number of nitrogens with two attached hydrogens (primary N) is 1. The fraction of sp³-hybridized carbons (Fsp3) is 0.130. The van der Waals surface area contributed by atoms with E-state index in [0.717, 1.165) is 16.8 Å². The van der Waals surface area contributed by atoms with Crippen molar-refractivity contribution in [2.45, 2.75) is 12.8 Å². The Labute approximate surface area is 175 Å². The van der Waals surface area contributed by atoms with E-state index >= 15 is 0 Å². The van der Waals surface area contributed by atoms with Gasteiger partial charge in [-0.05, 0) is 24.1 Å². The summed E-state index contributed by atoms with van der Waals surface area (Å²) in [6, 6.07) is 19.2. The molecular weight excluding hydrogens is 380 g/mol. The van der Waals surface area contributed by atoms with Crippen LogP contribution in [0.5, 0.6) is 0 Å². The van der Waals surface area contributed by atoms with Crippen LogP contribution in [-0.2, 0) is 4.79 Å². The van der Waals surface area contributed by atoms with Crippen LogP contribution in [0.3, 0.4) is 0 Å². The average Bonchev–Trinajstić information content (AvgIpc) is 2.73. The zero-order valence-corrected chi connectivity index (χ0v) is 16.9. The fourth-order valence-electron chi connectivity index (χ4n) is 3.18. The van der Waals surface area contributed by atoms with Gasteiger partial charge in [-0.1, -0.05) is 54.6 Å². The Morgan fingerprint density at radius 2 is 1.97 bits per heavy atom. The zero-order chi connectivity index (χ0) is 20.8. The van der Waals surface area contributed by atoms with Crippen LogP contribution in [0.4, 0.5) is 5.69 Å². The molecule has 1 amide bonds. The first-order valence-corrected chi connectivity index (χ1v) is 10.1. The van der Waals surface area contributed by atoms with Crippen LogP contribution in [0.15, 0.2) is 89.2 Å². The molecule has 0 aromatic heterocycles. The number of aryl methyl sites for hydroxylation is 1. The van der Waals surface area contributed by atoms with Gasteiger partial charge in [0.15, 0.2) is 0 Å². The number of thioether (sulfide) groups is 1. The molecule has 0 spiro atoms. The van der Waals surface area contributed by atoms with Crippen molar-refractivity contribution in [2.75, 3.05) is 11.1 Å². The fourth-order valence-corrected chi connectivity index (χ4v) is 4.02. The standard InChI is InChI=1S/C23H22N4OS/c1-3-13-29-23-20(22(28)26-18-12-8-7-9-15(18)2)19(16-10-5-4-6-11-16)17(14-24)21(25)27-23/h3-12,19,27H,1,13,25H2,2H3,(H,26,28). The number of amides is 1. The number of nitrogens with zero attached hydrogens (tertiary/aromatic N) is 1. The largest absolute Gasteiger partial charge is 0.384 e. The second-order valence-electron chi connectivity index (χ2n) is 6.52. The zero-order valence-electron chi connectivity index (χ0n) is 16.1. The first-order valence-electron chi connectivity index (χ1n) is 9.13. The average molecular weight is 403 g/mol. The third kappa shape index (κ3) is 4.36. The van der Waals surface area contributed by atoms with Crippen molar-refractivity contribution in [2.24, 2.45) is 5.73 Å². The minimum atomic E-state index is -0.557. The number of nitrogens with one attached hydrogen (secondary N) is 2. The number of hydrogen-bond acceptors (Lipinski definition) is 5. The summed E-state index contributed by atoms with van der Waals surface area (Å²) in [5.74, 6) is 0.0340. The molecule has 4 N–H and O–H groups in total. The molecule has 0 saturated carbocycles. The number of carbonyl (C=O) groups is 1. The molecule has 0 saturated heterocycles. The first-order chi connectivity index (χ1) is 14.1. The lowest BCUT2D eigenvalue weighted by Gasteiger charge is -2.29. The molecule has 0 fully saturated rings. The van der Waals surface area contributed by atoms with Gasteiger partial charge in [0.05, 0.1) is 28.2 Å². The Bertz CT molecular complexity index is 1030.